The molecule has 0 spiro atoms. The molecule has 0 aromatic rings. The molecule has 0 aromatic heterocycles. The number of carbonyl (C=O) groups is 2. The zero-order valence-electron chi connectivity index (χ0n) is 16.2. The molecule has 0 fully saturated rings. The van der Waals surface area contributed by atoms with Gasteiger partial charge in [-0.15, -0.1) is 0 Å². The summed E-state index contributed by atoms with van der Waals surface area (Å²) in [4.78, 5) is 24.3. The molecule has 0 aliphatic carbocycles. The first-order chi connectivity index (χ1) is 11.7. The van der Waals surface area contributed by atoms with Crippen LogP contribution in [0.2, 0.25) is 0 Å². The van der Waals surface area contributed by atoms with Gasteiger partial charge in [-0.1, -0.05) is 34.9 Å². The van der Waals surface area contributed by atoms with Crippen molar-refractivity contribution < 1.29 is 14.7 Å². The van der Waals surface area contributed by atoms with Crippen molar-refractivity contribution in [2.45, 2.75) is 66.3 Å². The summed E-state index contributed by atoms with van der Waals surface area (Å²) in [7, 11) is 0. The predicted molar refractivity (Wildman–Crippen MR) is 108 cm³/mol. The van der Waals surface area contributed by atoms with E-state index in [1.54, 1.807) is 0 Å². The molecule has 0 saturated heterocycles. The molecule has 0 bridgehead atoms. The molecule has 1 atom stereocenters. The van der Waals surface area contributed by atoms with Gasteiger partial charge in [-0.05, 0) is 53.4 Å². The second-order valence-electron chi connectivity index (χ2n) is 6.67. The van der Waals surface area contributed by atoms with Gasteiger partial charge in [0.15, 0.2) is 0 Å². The lowest BCUT2D eigenvalue weighted by atomic mass is 10.1. The average Bonchev–Trinajstić information content (AvgIpc) is 2.50. The molecule has 0 saturated carbocycles. The molecule has 0 rings (SSSR count). The molecule has 25 heavy (non-hydrogen) atoms. The number of carboxylic acid groups (broad SMARTS) is 1. The minimum Gasteiger partial charge on any atom is -0.480 e. The molecular formula is C20H33NO3S. The van der Waals surface area contributed by atoms with Crippen LogP contribution in [-0.4, -0.2) is 40.2 Å². The van der Waals surface area contributed by atoms with Crippen LogP contribution in [-0.2, 0) is 9.59 Å². The minimum atomic E-state index is -1.02. The number of carbonyl (C=O) groups excluding carboxylic acids is 1. The van der Waals surface area contributed by atoms with E-state index >= 15 is 0 Å². The zero-order valence-corrected chi connectivity index (χ0v) is 17.1. The number of allylic oxidation sites excluding steroid dienone is 5. The largest absolute Gasteiger partial charge is 0.480 e. The molecule has 0 aromatic carbocycles. The highest BCUT2D eigenvalue weighted by Gasteiger charge is 2.25. The summed E-state index contributed by atoms with van der Waals surface area (Å²) in [5, 5.41) is 9.19. The van der Waals surface area contributed by atoms with E-state index < -0.39 is 12.0 Å². The van der Waals surface area contributed by atoms with Gasteiger partial charge in [0.05, 0.1) is 0 Å². The second-order valence-corrected chi connectivity index (χ2v) is 7.03. The lowest BCUT2D eigenvalue weighted by molar-refractivity contribution is -0.147. The Hall–Kier alpha value is -1.49. The zero-order chi connectivity index (χ0) is 19.4. The Kier molecular flexibility index (Phi) is 12.0. The van der Waals surface area contributed by atoms with E-state index in [-0.39, 0.29) is 11.7 Å². The Bertz CT molecular complexity index is 531. The first-order valence-corrected chi connectivity index (χ1v) is 9.37. The molecule has 5 heteroatoms. The van der Waals surface area contributed by atoms with E-state index in [1.807, 2.05) is 13.0 Å². The molecule has 1 unspecified atom stereocenters. The standard InChI is InChI=1S/C20H33NO3S/c1-15(2)8-6-9-16(3)10-7-11-17(4)12-13-21(18(5)22)19(14-25)20(23)24/h8,10,12,19,25H,6-7,9,11,13-14H2,1-5H3,(H,23,24)/b16-10+,17-12+. The molecule has 0 aliphatic heterocycles. The molecule has 4 nitrogen and oxygen atoms in total. The normalized spacial score (nSPS) is 13.4. The van der Waals surface area contributed by atoms with Crippen LogP contribution in [0, 0.1) is 0 Å². The lowest BCUT2D eigenvalue weighted by Crippen LogP contribution is -2.45. The highest BCUT2D eigenvalue weighted by molar-refractivity contribution is 7.80. The van der Waals surface area contributed by atoms with Gasteiger partial charge in [0.25, 0.3) is 0 Å². The van der Waals surface area contributed by atoms with Gasteiger partial charge in [0.2, 0.25) is 5.91 Å². The van der Waals surface area contributed by atoms with Crippen molar-refractivity contribution in [1.82, 2.24) is 4.90 Å². The Balaban J connectivity index is 4.53. The summed E-state index contributed by atoms with van der Waals surface area (Å²) in [5.74, 6) is -1.17. The molecule has 0 heterocycles. The van der Waals surface area contributed by atoms with Crippen molar-refractivity contribution in [3.63, 3.8) is 0 Å². The summed E-state index contributed by atoms with van der Waals surface area (Å²) < 4.78 is 0. The van der Waals surface area contributed by atoms with Crippen LogP contribution in [0.1, 0.15) is 60.3 Å². The van der Waals surface area contributed by atoms with E-state index in [2.05, 4.69) is 45.6 Å². The summed E-state index contributed by atoms with van der Waals surface area (Å²) in [6.45, 7) is 10.1. The monoisotopic (exact) mass is 367 g/mol. The Morgan fingerprint density at radius 3 is 1.92 bits per heavy atom. The molecule has 0 aliphatic rings. The van der Waals surface area contributed by atoms with Crippen molar-refractivity contribution in [3.05, 3.63) is 34.9 Å². The van der Waals surface area contributed by atoms with Gasteiger partial charge in [-0.2, -0.15) is 12.6 Å². The van der Waals surface area contributed by atoms with Crippen molar-refractivity contribution in [1.29, 1.82) is 0 Å². The van der Waals surface area contributed by atoms with Crippen LogP contribution in [0.15, 0.2) is 34.9 Å². The first-order valence-electron chi connectivity index (χ1n) is 8.74. The maximum atomic E-state index is 11.7. The Morgan fingerprint density at radius 1 is 0.960 bits per heavy atom. The maximum absolute atomic E-state index is 11.7. The number of hydrogen-bond acceptors (Lipinski definition) is 3. The van der Waals surface area contributed by atoms with E-state index in [4.69, 9.17) is 0 Å². The molecule has 0 radical (unpaired) electrons. The average molecular weight is 368 g/mol. The fourth-order valence-corrected chi connectivity index (χ4v) is 2.73. The summed E-state index contributed by atoms with van der Waals surface area (Å²) in [6, 6.07) is -0.887. The van der Waals surface area contributed by atoms with Crippen molar-refractivity contribution in [2.75, 3.05) is 12.3 Å². The number of nitrogens with zero attached hydrogens (tertiary/aromatic N) is 1. The second kappa shape index (κ2) is 12.8. The van der Waals surface area contributed by atoms with Crippen LogP contribution < -0.4 is 0 Å². The van der Waals surface area contributed by atoms with Gasteiger partial charge >= 0.3 is 5.97 Å². The summed E-state index contributed by atoms with van der Waals surface area (Å²) in [5.41, 5.74) is 3.89. The topological polar surface area (TPSA) is 57.6 Å². The highest BCUT2D eigenvalue weighted by Crippen LogP contribution is 2.12. The molecule has 142 valence electrons. The number of rotatable bonds is 11. The van der Waals surface area contributed by atoms with E-state index in [0.29, 0.717) is 6.54 Å². The summed E-state index contributed by atoms with van der Waals surface area (Å²) in [6.07, 6.45) is 10.5. The third-order valence-electron chi connectivity index (χ3n) is 4.00. The van der Waals surface area contributed by atoms with E-state index in [9.17, 15) is 14.7 Å². The Labute approximate surface area is 158 Å². The molecular weight excluding hydrogens is 334 g/mol. The smallest absolute Gasteiger partial charge is 0.327 e. The fraction of sp³-hybridized carbons (Fsp3) is 0.600. The SMILES string of the molecule is CC(=O)N(C/C=C(\C)CC/C=C(\C)CCC=C(C)C)C(CS)C(=O)O. The van der Waals surface area contributed by atoms with Crippen molar-refractivity contribution in [2.24, 2.45) is 0 Å². The predicted octanol–water partition coefficient (Wildman–Crippen LogP) is 4.64. The van der Waals surface area contributed by atoms with Gasteiger partial charge in [0.1, 0.15) is 6.04 Å². The molecule has 1 amide bonds. The number of amides is 1. The third kappa shape index (κ3) is 10.9. The number of hydrogen-bond donors (Lipinski definition) is 2. The van der Waals surface area contributed by atoms with E-state index in [0.717, 1.165) is 31.3 Å². The van der Waals surface area contributed by atoms with Crippen LogP contribution in [0.25, 0.3) is 0 Å². The first kappa shape index (κ1) is 23.5. The van der Waals surface area contributed by atoms with Crippen LogP contribution in [0.5, 0.6) is 0 Å². The third-order valence-corrected chi connectivity index (χ3v) is 4.34. The van der Waals surface area contributed by atoms with E-state index in [1.165, 1.54) is 23.0 Å². The van der Waals surface area contributed by atoms with Crippen LogP contribution in [0.3, 0.4) is 0 Å². The van der Waals surface area contributed by atoms with Crippen LogP contribution in [0.4, 0.5) is 0 Å². The van der Waals surface area contributed by atoms with Gasteiger partial charge in [-0.3, -0.25) is 4.79 Å². The van der Waals surface area contributed by atoms with Crippen LogP contribution >= 0.6 is 12.6 Å². The Morgan fingerprint density at radius 2 is 1.48 bits per heavy atom. The molecule has 1 N–H and O–H groups in total. The van der Waals surface area contributed by atoms with Gasteiger partial charge in [0, 0.05) is 19.2 Å². The number of thiol groups is 1. The van der Waals surface area contributed by atoms with Gasteiger partial charge in [-0.25, -0.2) is 4.79 Å². The summed E-state index contributed by atoms with van der Waals surface area (Å²) >= 11 is 4.05. The quantitative estimate of drug-likeness (QED) is 0.413. The van der Waals surface area contributed by atoms with Crippen molar-refractivity contribution in [3.8, 4) is 0 Å². The number of aliphatic carboxylic acids is 1. The minimum absolute atomic E-state index is 0.107. The highest BCUT2D eigenvalue weighted by atomic mass is 32.1. The lowest BCUT2D eigenvalue weighted by Gasteiger charge is -2.25. The van der Waals surface area contributed by atoms with Gasteiger partial charge < -0.3 is 10.0 Å². The number of carboxylic acids is 1. The fourth-order valence-electron chi connectivity index (χ4n) is 2.38. The maximum Gasteiger partial charge on any atom is 0.327 e. The van der Waals surface area contributed by atoms with Crippen molar-refractivity contribution >= 4 is 24.5 Å².